The molecule has 3 amide bonds. The molecule has 112 valence electrons. The number of anilines is 1. The van der Waals surface area contributed by atoms with E-state index in [1.54, 1.807) is 24.1 Å². The van der Waals surface area contributed by atoms with Gasteiger partial charge in [0.05, 0.1) is 17.6 Å². The molecule has 1 spiro atoms. The SMILES string of the molecule is CN1C(=O)N(c2ccccc2F)C(=O)CC12CCCCC2. The molecular weight excluding hydrogens is 271 g/mol. The zero-order chi connectivity index (χ0) is 15.0. The van der Waals surface area contributed by atoms with Crippen LogP contribution >= 0.6 is 0 Å². The zero-order valence-electron chi connectivity index (χ0n) is 12.1. The molecule has 1 saturated carbocycles. The Morgan fingerprint density at radius 3 is 2.43 bits per heavy atom. The van der Waals surface area contributed by atoms with Crippen LogP contribution in [0.2, 0.25) is 0 Å². The molecule has 4 nitrogen and oxygen atoms in total. The maximum absolute atomic E-state index is 13.9. The molecule has 0 N–H and O–H groups in total. The number of halogens is 1. The molecule has 1 aromatic carbocycles. The first-order valence-electron chi connectivity index (χ1n) is 7.40. The highest BCUT2D eigenvalue weighted by Gasteiger charge is 2.48. The summed E-state index contributed by atoms with van der Waals surface area (Å²) in [5, 5.41) is 0. The minimum atomic E-state index is -0.549. The molecule has 1 heterocycles. The van der Waals surface area contributed by atoms with Crippen molar-refractivity contribution in [2.24, 2.45) is 0 Å². The lowest BCUT2D eigenvalue weighted by Gasteiger charge is -2.49. The summed E-state index contributed by atoms with van der Waals surface area (Å²) in [6, 6.07) is 5.49. The Morgan fingerprint density at radius 1 is 1.10 bits per heavy atom. The predicted octanol–water partition coefficient (Wildman–Crippen LogP) is 3.32. The summed E-state index contributed by atoms with van der Waals surface area (Å²) in [6.07, 6.45) is 5.20. The maximum Gasteiger partial charge on any atom is 0.331 e. The van der Waals surface area contributed by atoms with E-state index in [4.69, 9.17) is 0 Å². The summed E-state index contributed by atoms with van der Waals surface area (Å²) < 4.78 is 13.9. The van der Waals surface area contributed by atoms with E-state index in [2.05, 4.69) is 0 Å². The molecule has 0 bridgehead atoms. The monoisotopic (exact) mass is 290 g/mol. The summed E-state index contributed by atoms with van der Waals surface area (Å²) in [7, 11) is 1.73. The molecule has 5 heteroatoms. The largest absolute Gasteiger partial charge is 0.331 e. The average molecular weight is 290 g/mol. The van der Waals surface area contributed by atoms with Gasteiger partial charge in [0.2, 0.25) is 5.91 Å². The van der Waals surface area contributed by atoms with Crippen molar-refractivity contribution in [2.75, 3.05) is 11.9 Å². The van der Waals surface area contributed by atoms with Gasteiger partial charge in [-0.05, 0) is 25.0 Å². The highest BCUT2D eigenvalue weighted by atomic mass is 19.1. The molecule has 1 aliphatic carbocycles. The van der Waals surface area contributed by atoms with E-state index in [0.29, 0.717) is 0 Å². The third-order valence-corrected chi connectivity index (χ3v) is 4.80. The third kappa shape index (κ3) is 2.20. The van der Waals surface area contributed by atoms with Gasteiger partial charge in [-0.25, -0.2) is 14.1 Å². The Bertz CT molecular complexity index is 581. The lowest BCUT2D eigenvalue weighted by molar-refractivity contribution is -0.123. The number of hydrogen-bond acceptors (Lipinski definition) is 2. The van der Waals surface area contributed by atoms with Crippen LogP contribution in [-0.4, -0.2) is 29.4 Å². The summed E-state index contributed by atoms with van der Waals surface area (Å²) in [5.74, 6) is -0.850. The van der Waals surface area contributed by atoms with Gasteiger partial charge < -0.3 is 4.90 Å². The third-order valence-electron chi connectivity index (χ3n) is 4.80. The molecule has 0 radical (unpaired) electrons. The molecule has 1 aromatic rings. The Balaban J connectivity index is 1.95. The van der Waals surface area contributed by atoms with Gasteiger partial charge in [0.15, 0.2) is 0 Å². The average Bonchev–Trinajstić information content (AvgIpc) is 2.48. The van der Waals surface area contributed by atoms with Crippen molar-refractivity contribution in [3.63, 3.8) is 0 Å². The fourth-order valence-corrected chi connectivity index (χ4v) is 3.53. The van der Waals surface area contributed by atoms with E-state index in [-0.39, 0.29) is 23.6 Å². The molecule has 0 aromatic heterocycles. The number of rotatable bonds is 1. The van der Waals surface area contributed by atoms with Crippen molar-refractivity contribution in [2.45, 2.75) is 44.1 Å². The quantitative estimate of drug-likeness (QED) is 0.796. The first kappa shape index (κ1) is 14.0. The number of amides is 3. The number of urea groups is 1. The van der Waals surface area contributed by atoms with Gasteiger partial charge in [-0.1, -0.05) is 31.4 Å². The van der Waals surface area contributed by atoms with E-state index in [1.807, 2.05) is 0 Å². The molecule has 2 fully saturated rings. The van der Waals surface area contributed by atoms with Gasteiger partial charge in [0.25, 0.3) is 0 Å². The number of imide groups is 1. The fraction of sp³-hybridized carbons (Fsp3) is 0.500. The smallest absolute Gasteiger partial charge is 0.321 e. The molecule has 0 unspecified atom stereocenters. The van der Waals surface area contributed by atoms with Crippen molar-refractivity contribution in [3.05, 3.63) is 30.1 Å². The van der Waals surface area contributed by atoms with E-state index in [1.165, 1.54) is 12.1 Å². The number of carbonyl (C=O) groups excluding carboxylic acids is 2. The standard InChI is InChI=1S/C16H19FN2O2/c1-18-15(21)19(13-8-4-3-7-12(13)17)14(20)11-16(18)9-5-2-6-10-16/h3-4,7-8H,2,5-6,9-11H2,1H3. The zero-order valence-corrected chi connectivity index (χ0v) is 12.1. The van der Waals surface area contributed by atoms with Gasteiger partial charge in [0, 0.05) is 7.05 Å². The molecule has 1 saturated heterocycles. The first-order valence-corrected chi connectivity index (χ1v) is 7.40. The Kier molecular flexibility index (Phi) is 3.43. The Hall–Kier alpha value is -1.91. The molecule has 1 aliphatic heterocycles. The first-order chi connectivity index (χ1) is 10.1. The van der Waals surface area contributed by atoms with Crippen LogP contribution < -0.4 is 4.90 Å². The second kappa shape index (κ2) is 5.13. The number of nitrogens with zero attached hydrogens (tertiary/aromatic N) is 2. The van der Waals surface area contributed by atoms with Crippen LogP contribution in [-0.2, 0) is 4.79 Å². The van der Waals surface area contributed by atoms with Crippen molar-refractivity contribution >= 4 is 17.6 Å². The van der Waals surface area contributed by atoms with Crippen LogP contribution in [0.4, 0.5) is 14.9 Å². The van der Waals surface area contributed by atoms with Gasteiger partial charge >= 0.3 is 6.03 Å². The summed E-state index contributed by atoms with van der Waals surface area (Å²) in [4.78, 5) is 27.7. The van der Waals surface area contributed by atoms with Gasteiger partial charge in [0.1, 0.15) is 5.82 Å². The fourth-order valence-electron chi connectivity index (χ4n) is 3.53. The molecule has 0 atom stereocenters. The van der Waals surface area contributed by atoms with Crippen molar-refractivity contribution in [1.82, 2.24) is 4.90 Å². The topological polar surface area (TPSA) is 40.6 Å². The van der Waals surface area contributed by atoms with Crippen molar-refractivity contribution in [3.8, 4) is 0 Å². The normalized spacial score (nSPS) is 22.0. The van der Waals surface area contributed by atoms with Crippen LogP contribution in [0, 0.1) is 5.82 Å². The summed E-state index contributed by atoms with van der Waals surface area (Å²) in [5.41, 5.74) is -0.321. The number of benzene rings is 1. The maximum atomic E-state index is 13.9. The minimum Gasteiger partial charge on any atom is -0.321 e. The second-order valence-corrected chi connectivity index (χ2v) is 5.98. The van der Waals surface area contributed by atoms with E-state index < -0.39 is 11.8 Å². The number of para-hydroxylation sites is 1. The molecule has 2 aliphatic rings. The van der Waals surface area contributed by atoms with Crippen LogP contribution in [0.1, 0.15) is 38.5 Å². The number of carbonyl (C=O) groups is 2. The van der Waals surface area contributed by atoms with Crippen molar-refractivity contribution < 1.29 is 14.0 Å². The van der Waals surface area contributed by atoms with Gasteiger partial charge in [-0.3, -0.25) is 4.79 Å². The van der Waals surface area contributed by atoms with E-state index >= 15 is 0 Å². The molecular formula is C16H19FN2O2. The molecule has 3 rings (SSSR count). The number of hydrogen-bond donors (Lipinski definition) is 0. The Morgan fingerprint density at radius 2 is 1.76 bits per heavy atom. The summed E-state index contributed by atoms with van der Waals surface area (Å²) in [6.45, 7) is 0. The van der Waals surface area contributed by atoms with Crippen LogP contribution in [0.5, 0.6) is 0 Å². The summed E-state index contributed by atoms with van der Waals surface area (Å²) >= 11 is 0. The second-order valence-electron chi connectivity index (χ2n) is 5.98. The van der Waals surface area contributed by atoms with E-state index in [0.717, 1.165) is 37.0 Å². The molecule has 21 heavy (non-hydrogen) atoms. The minimum absolute atomic E-state index is 0.0463. The van der Waals surface area contributed by atoms with Crippen LogP contribution in [0.3, 0.4) is 0 Å². The highest BCUT2D eigenvalue weighted by molar-refractivity contribution is 6.16. The Labute approximate surface area is 123 Å². The van der Waals surface area contributed by atoms with Crippen LogP contribution in [0.15, 0.2) is 24.3 Å². The highest BCUT2D eigenvalue weighted by Crippen LogP contribution is 2.40. The van der Waals surface area contributed by atoms with E-state index in [9.17, 15) is 14.0 Å². The predicted molar refractivity (Wildman–Crippen MR) is 77.5 cm³/mol. The lowest BCUT2D eigenvalue weighted by atomic mass is 9.77. The lowest BCUT2D eigenvalue weighted by Crippen LogP contribution is -2.63. The van der Waals surface area contributed by atoms with Crippen molar-refractivity contribution in [1.29, 1.82) is 0 Å². The van der Waals surface area contributed by atoms with Gasteiger partial charge in [-0.2, -0.15) is 0 Å². The van der Waals surface area contributed by atoms with Crippen LogP contribution in [0.25, 0.3) is 0 Å². The van der Waals surface area contributed by atoms with Gasteiger partial charge in [-0.15, -0.1) is 0 Å².